The van der Waals surface area contributed by atoms with Crippen LogP contribution in [0.25, 0.3) is 0 Å². The maximum absolute atomic E-state index is 13.5. The van der Waals surface area contributed by atoms with Crippen LogP contribution in [0.3, 0.4) is 0 Å². The van der Waals surface area contributed by atoms with E-state index in [1.165, 1.54) is 26.4 Å². The number of methoxy groups -OCH3 is 2. The Labute approximate surface area is 182 Å². The van der Waals surface area contributed by atoms with Gasteiger partial charge in [0.2, 0.25) is 5.91 Å². The first-order chi connectivity index (χ1) is 14.8. The first-order valence-corrected chi connectivity index (χ1v) is 11.0. The van der Waals surface area contributed by atoms with E-state index in [0.29, 0.717) is 11.4 Å². The van der Waals surface area contributed by atoms with Crippen molar-refractivity contribution in [2.45, 2.75) is 11.8 Å². The lowest BCUT2D eigenvalue weighted by molar-refractivity contribution is -0.114. The van der Waals surface area contributed by atoms with E-state index in [1.54, 1.807) is 42.5 Å². The number of benzene rings is 3. The Hall–Kier alpha value is -3.52. The molecule has 1 amide bonds. The highest BCUT2D eigenvalue weighted by Gasteiger charge is 2.29. The van der Waals surface area contributed by atoms with E-state index >= 15 is 0 Å². The first-order valence-electron chi connectivity index (χ1n) is 9.51. The van der Waals surface area contributed by atoms with Crippen LogP contribution in [0.5, 0.6) is 11.5 Å². The van der Waals surface area contributed by atoms with Gasteiger partial charge in [-0.3, -0.25) is 9.10 Å². The van der Waals surface area contributed by atoms with Gasteiger partial charge in [-0.05, 0) is 48.9 Å². The lowest BCUT2D eigenvalue weighted by Crippen LogP contribution is -2.38. The maximum atomic E-state index is 13.5. The number of hydrogen-bond acceptors (Lipinski definition) is 5. The molecule has 0 fully saturated rings. The molecule has 8 heteroatoms. The van der Waals surface area contributed by atoms with Crippen LogP contribution in [0.15, 0.2) is 77.7 Å². The smallest absolute Gasteiger partial charge is 0.264 e. The first kappa shape index (κ1) is 22.2. The van der Waals surface area contributed by atoms with Crippen LogP contribution in [-0.2, 0) is 14.8 Å². The Kier molecular flexibility index (Phi) is 6.81. The second-order valence-electron chi connectivity index (χ2n) is 6.78. The summed E-state index contributed by atoms with van der Waals surface area (Å²) in [6, 6.07) is 20.0. The van der Waals surface area contributed by atoms with Gasteiger partial charge in [-0.25, -0.2) is 8.42 Å². The second-order valence-corrected chi connectivity index (χ2v) is 8.64. The zero-order chi connectivity index (χ0) is 22.4. The fraction of sp³-hybridized carbons (Fsp3) is 0.174. The van der Waals surface area contributed by atoms with Gasteiger partial charge in [-0.2, -0.15) is 0 Å². The Morgan fingerprint density at radius 1 is 0.935 bits per heavy atom. The number of anilines is 2. The van der Waals surface area contributed by atoms with Gasteiger partial charge in [0, 0.05) is 11.8 Å². The van der Waals surface area contributed by atoms with Crippen molar-refractivity contribution in [3.63, 3.8) is 0 Å². The maximum Gasteiger partial charge on any atom is 0.264 e. The van der Waals surface area contributed by atoms with Crippen LogP contribution < -0.4 is 19.1 Å². The highest BCUT2D eigenvalue weighted by molar-refractivity contribution is 7.92. The lowest BCUT2D eigenvalue weighted by Gasteiger charge is -2.26. The van der Waals surface area contributed by atoms with Crippen molar-refractivity contribution in [2.75, 3.05) is 30.4 Å². The molecular formula is C23H24N2O5S. The quantitative estimate of drug-likeness (QED) is 0.575. The summed E-state index contributed by atoms with van der Waals surface area (Å²) in [4.78, 5) is 12.9. The topological polar surface area (TPSA) is 84.9 Å². The molecule has 3 aromatic carbocycles. The van der Waals surface area contributed by atoms with E-state index in [1.807, 2.05) is 25.1 Å². The molecule has 0 saturated heterocycles. The normalized spacial score (nSPS) is 10.9. The third-order valence-corrected chi connectivity index (χ3v) is 6.35. The Morgan fingerprint density at radius 2 is 1.68 bits per heavy atom. The van der Waals surface area contributed by atoms with Gasteiger partial charge < -0.3 is 14.8 Å². The fourth-order valence-corrected chi connectivity index (χ4v) is 4.52. The Balaban J connectivity index is 2.02. The summed E-state index contributed by atoms with van der Waals surface area (Å²) < 4.78 is 38.5. The van der Waals surface area contributed by atoms with E-state index in [2.05, 4.69) is 5.32 Å². The molecule has 0 bridgehead atoms. The number of hydrogen-bond donors (Lipinski definition) is 1. The molecule has 0 aliphatic carbocycles. The average molecular weight is 441 g/mol. The van der Waals surface area contributed by atoms with Crippen molar-refractivity contribution < 1.29 is 22.7 Å². The predicted molar refractivity (Wildman–Crippen MR) is 120 cm³/mol. The zero-order valence-corrected chi connectivity index (χ0v) is 18.3. The van der Waals surface area contributed by atoms with Gasteiger partial charge in [0.05, 0.1) is 24.8 Å². The molecule has 0 atom stereocenters. The van der Waals surface area contributed by atoms with E-state index in [9.17, 15) is 13.2 Å². The molecule has 0 heterocycles. The van der Waals surface area contributed by atoms with Crippen LogP contribution in [0.2, 0.25) is 0 Å². The number of carbonyl (C=O) groups is 1. The monoisotopic (exact) mass is 440 g/mol. The molecule has 0 aromatic heterocycles. The fourth-order valence-electron chi connectivity index (χ4n) is 3.06. The molecule has 0 saturated carbocycles. The Bertz CT molecular complexity index is 1160. The minimum Gasteiger partial charge on any atom is -0.497 e. The molecule has 0 aliphatic rings. The van der Waals surface area contributed by atoms with Gasteiger partial charge in [-0.1, -0.05) is 30.3 Å². The van der Waals surface area contributed by atoms with Crippen molar-refractivity contribution in [1.29, 1.82) is 0 Å². The number of carbonyl (C=O) groups excluding carboxylic acids is 1. The lowest BCUT2D eigenvalue weighted by atomic mass is 10.2. The van der Waals surface area contributed by atoms with Gasteiger partial charge >= 0.3 is 0 Å². The van der Waals surface area contributed by atoms with Crippen molar-refractivity contribution in [3.8, 4) is 11.5 Å². The van der Waals surface area contributed by atoms with Crippen LogP contribution in [0.1, 0.15) is 5.56 Å². The van der Waals surface area contributed by atoms with Gasteiger partial charge in [0.15, 0.2) is 0 Å². The standard InChI is InChI=1S/C23H24N2O5S/c1-17-8-7-9-18(14-17)24-23(26)16-25(31(27,28)20-10-5-4-6-11-20)21-13-12-19(29-2)15-22(21)30-3/h4-15H,16H2,1-3H3,(H,24,26). The average Bonchev–Trinajstić information content (AvgIpc) is 2.77. The molecule has 3 aromatic rings. The summed E-state index contributed by atoms with van der Waals surface area (Å²) in [6.07, 6.45) is 0. The molecule has 7 nitrogen and oxygen atoms in total. The van der Waals surface area contributed by atoms with E-state index in [4.69, 9.17) is 9.47 Å². The minimum absolute atomic E-state index is 0.0660. The van der Waals surface area contributed by atoms with Crippen LogP contribution >= 0.6 is 0 Å². The molecule has 3 rings (SSSR count). The molecule has 0 radical (unpaired) electrons. The molecule has 0 unspecified atom stereocenters. The van der Waals surface area contributed by atoms with E-state index in [0.717, 1.165) is 9.87 Å². The second kappa shape index (κ2) is 9.53. The summed E-state index contributed by atoms with van der Waals surface area (Å²) in [7, 11) is -1.12. The van der Waals surface area contributed by atoms with Crippen molar-refractivity contribution >= 4 is 27.3 Å². The van der Waals surface area contributed by atoms with Gasteiger partial charge in [0.25, 0.3) is 10.0 Å². The summed E-state index contributed by atoms with van der Waals surface area (Å²) >= 11 is 0. The molecular weight excluding hydrogens is 416 g/mol. The van der Waals surface area contributed by atoms with E-state index in [-0.39, 0.29) is 16.3 Å². The summed E-state index contributed by atoms with van der Waals surface area (Å²) in [5.74, 6) is 0.284. The number of aryl methyl sites for hydroxylation is 1. The molecule has 1 N–H and O–H groups in total. The number of nitrogens with zero attached hydrogens (tertiary/aromatic N) is 1. The zero-order valence-electron chi connectivity index (χ0n) is 17.5. The summed E-state index contributed by atoms with van der Waals surface area (Å²) in [6.45, 7) is 1.47. The largest absolute Gasteiger partial charge is 0.497 e. The number of ether oxygens (including phenoxy) is 2. The third-order valence-electron chi connectivity index (χ3n) is 4.58. The Morgan fingerprint density at radius 3 is 2.32 bits per heavy atom. The molecule has 31 heavy (non-hydrogen) atoms. The van der Waals surface area contributed by atoms with Crippen molar-refractivity contribution in [1.82, 2.24) is 0 Å². The van der Waals surface area contributed by atoms with Crippen LogP contribution in [0, 0.1) is 6.92 Å². The highest BCUT2D eigenvalue weighted by Crippen LogP contribution is 2.35. The third kappa shape index (κ3) is 5.16. The van der Waals surface area contributed by atoms with Crippen molar-refractivity contribution in [2.24, 2.45) is 0 Å². The molecule has 162 valence electrons. The number of nitrogens with one attached hydrogen (secondary N) is 1. The SMILES string of the molecule is COc1ccc(N(CC(=O)Nc2cccc(C)c2)S(=O)(=O)c2ccccc2)c(OC)c1. The summed E-state index contributed by atoms with van der Waals surface area (Å²) in [5, 5.41) is 2.76. The van der Waals surface area contributed by atoms with E-state index < -0.39 is 22.5 Å². The van der Waals surface area contributed by atoms with Crippen LogP contribution in [0.4, 0.5) is 11.4 Å². The predicted octanol–water partition coefficient (Wildman–Crippen LogP) is 3.85. The number of rotatable bonds is 8. The minimum atomic E-state index is -4.05. The van der Waals surface area contributed by atoms with Gasteiger partial charge in [-0.15, -0.1) is 0 Å². The summed E-state index contributed by atoms with van der Waals surface area (Å²) in [5.41, 5.74) is 1.79. The number of sulfonamides is 1. The molecule has 0 aliphatic heterocycles. The molecule has 0 spiro atoms. The van der Waals surface area contributed by atoms with Crippen LogP contribution in [-0.4, -0.2) is 35.1 Å². The number of amides is 1. The highest BCUT2D eigenvalue weighted by atomic mass is 32.2. The van der Waals surface area contributed by atoms with Gasteiger partial charge in [0.1, 0.15) is 18.0 Å². The van der Waals surface area contributed by atoms with Crippen molar-refractivity contribution in [3.05, 3.63) is 78.4 Å².